The van der Waals surface area contributed by atoms with E-state index in [2.05, 4.69) is 15.8 Å². The number of nitrogens with zero attached hydrogens (tertiary/aromatic N) is 1. The zero-order chi connectivity index (χ0) is 15.4. The number of aliphatic hydroxyl groups excluding tert-OH is 1. The molecule has 0 unspecified atom stereocenters. The summed E-state index contributed by atoms with van der Waals surface area (Å²) in [5, 5.41) is 20.6. The first kappa shape index (κ1) is 15.1. The van der Waals surface area contributed by atoms with E-state index < -0.39 is 0 Å². The minimum atomic E-state index is -0.265. The van der Waals surface area contributed by atoms with Crippen molar-refractivity contribution in [1.29, 1.82) is 0 Å². The molecule has 0 bridgehead atoms. The lowest BCUT2D eigenvalue weighted by Crippen LogP contribution is -2.40. The summed E-state index contributed by atoms with van der Waals surface area (Å²) in [4.78, 5) is 13.0. The highest BCUT2D eigenvalue weighted by Crippen LogP contribution is 2.27. The highest BCUT2D eigenvalue weighted by molar-refractivity contribution is 7.13. The maximum Gasteiger partial charge on any atom is 0.320 e. The minimum Gasteiger partial charge on any atom is -0.396 e. The smallest absolute Gasteiger partial charge is 0.320 e. The number of rotatable bonds is 4. The first-order chi connectivity index (χ1) is 10.7. The molecule has 7 heteroatoms. The molecule has 2 amide bonds. The Bertz CT molecular complexity index is 603. The van der Waals surface area contributed by atoms with Gasteiger partial charge in [0.15, 0.2) is 11.6 Å². The van der Waals surface area contributed by atoms with E-state index in [4.69, 9.17) is 9.63 Å². The van der Waals surface area contributed by atoms with Crippen LogP contribution in [0.1, 0.15) is 25.7 Å². The van der Waals surface area contributed by atoms with E-state index in [9.17, 15) is 4.79 Å². The van der Waals surface area contributed by atoms with Crippen LogP contribution >= 0.6 is 11.3 Å². The van der Waals surface area contributed by atoms with E-state index in [-0.39, 0.29) is 18.7 Å². The molecule has 1 aliphatic rings. The lowest BCUT2D eigenvalue weighted by atomic mass is 9.87. The summed E-state index contributed by atoms with van der Waals surface area (Å²) in [6.07, 6.45) is 3.71. The number of thiophene rings is 1. The summed E-state index contributed by atoms with van der Waals surface area (Å²) in [7, 11) is 0. The topological polar surface area (TPSA) is 87.4 Å². The SMILES string of the molecule is O=C(Nc1cc(-c2cccs2)on1)NC1CCC(CO)CC1. The quantitative estimate of drug-likeness (QED) is 0.807. The summed E-state index contributed by atoms with van der Waals surface area (Å²) < 4.78 is 5.22. The number of hydrogen-bond acceptors (Lipinski definition) is 5. The molecule has 0 atom stereocenters. The first-order valence-corrected chi connectivity index (χ1v) is 8.31. The molecule has 3 rings (SSSR count). The Hall–Kier alpha value is -1.86. The van der Waals surface area contributed by atoms with Gasteiger partial charge in [-0.05, 0) is 43.0 Å². The van der Waals surface area contributed by atoms with Crippen molar-refractivity contribution >= 4 is 23.2 Å². The molecule has 0 aromatic carbocycles. The second-order valence-corrected chi connectivity index (χ2v) is 6.50. The van der Waals surface area contributed by atoms with Gasteiger partial charge >= 0.3 is 6.03 Å². The van der Waals surface area contributed by atoms with Gasteiger partial charge in [-0.1, -0.05) is 11.2 Å². The molecule has 1 fully saturated rings. The van der Waals surface area contributed by atoms with Gasteiger partial charge in [-0.15, -0.1) is 11.3 Å². The van der Waals surface area contributed by atoms with Crippen LogP contribution in [-0.4, -0.2) is 28.9 Å². The molecule has 0 saturated heterocycles. The maximum absolute atomic E-state index is 12.0. The van der Waals surface area contributed by atoms with Gasteiger partial charge < -0.3 is 14.9 Å². The van der Waals surface area contributed by atoms with Crippen molar-refractivity contribution in [2.45, 2.75) is 31.7 Å². The van der Waals surface area contributed by atoms with E-state index in [0.29, 0.717) is 17.5 Å². The summed E-state index contributed by atoms with van der Waals surface area (Å²) >= 11 is 1.56. The van der Waals surface area contributed by atoms with Crippen molar-refractivity contribution in [1.82, 2.24) is 10.5 Å². The van der Waals surface area contributed by atoms with Gasteiger partial charge in [-0.3, -0.25) is 5.32 Å². The second kappa shape index (κ2) is 6.93. The Labute approximate surface area is 132 Å². The fourth-order valence-electron chi connectivity index (χ4n) is 2.70. The Morgan fingerprint density at radius 3 is 2.91 bits per heavy atom. The molecule has 1 aliphatic carbocycles. The molecule has 2 heterocycles. The van der Waals surface area contributed by atoms with Gasteiger partial charge in [0, 0.05) is 18.7 Å². The van der Waals surface area contributed by atoms with Crippen LogP contribution in [0.3, 0.4) is 0 Å². The fraction of sp³-hybridized carbons (Fsp3) is 0.467. The molecule has 0 radical (unpaired) electrons. The summed E-state index contributed by atoms with van der Waals surface area (Å²) in [6, 6.07) is 5.48. The van der Waals surface area contributed by atoms with E-state index in [1.807, 2.05) is 17.5 Å². The van der Waals surface area contributed by atoms with Crippen molar-refractivity contribution in [2.24, 2.45) is 5.92 Å². The predicted octanol–water partition coefficient (Wildman–Crippen LogP) is 3.08. The highest BCUT2D eigenvalue weighted by Gasteiger charge is 2.22. The molecule has 0 spiro atoms. The van der Waals surface area contributed by atoms with Gasteiger partial charge in [-0.25, -0.2) is 4.79 Å². The highest BCUT2D eigenvalue weighted by atomic mass is 32.1. The number of aliphatic hydroxyl groups is 1. The zero-order valence-corrected chi connectivity index (χ0v) is 12.9. The largest absolute Gasteiger partial charge is 0.396 e. The van der Waals surface area contributed by atoms with Gasteiger partial charge in [0.05, 0.1) is 4.88 Å². The third kappa shape index (κ3) is 3.66. The van der Waals surface area contributed by atoms with Crippen LogP contribution in [0.25, 0.3) is 10.6 Å². The molecular weight excluding hydrogens is 302 g/mol. The van der Waals surface area contributed by atoms with Gasteiger partial charge in [-0.2, -0.15) is 0 Å². The van der Waals surface area contributed by atoms with Crippen molar-refractivity contribution in [3.63, 3.8) is 0 Å². The number of nitrogens with one attached hydrogen (secondary N) is 2. The van der Waals surface area contributed by atoms with E-state index >= 15 is 0 Å². The Kier molecular flexibility index (Phi) is 4.74. The summed E-state index contributed by atoms with van der Waals surface area (Å²) in [5.41, 5.74) is 0. The summed E-state index contributed by atoms with van der Waals surface area (Å²) in [6.45, 7) is 0.239. The van der Waals surface area contributed by atoms with Crippen LogP contribution < -0.4 is 10.6 Å². The number of carbonyl (C=O) groups excluding carboxylic acids is 1. The van der Waals surface area contributed by atoms with Crippen LogP contribution in [0.4, 0.5) is 10.6 Å². The van der Waals surface area contributed by atoms with Crippen LogP contribution in [0.15, 0.2) is 28.1 Å². The van der Waals surface area contributed by atoms with E-state index in [1.54, 1.807) is 17.4 Å². The van der Waals surface area contributed by atoms with Gasteiger partial charge in [0.2, 0.25) is 0 Å². The predicted molar refractivity (Wildman–Crippen MR) is 84.8 cm³/mol. The van der Waals surface area contributed by atoms with Crippen molar-refractivity contribution < 1.29 is 14.4 Å². The zero-order valence-electron chi connectivity index (χ0n) is 12.1. The van der Waals surface area contributed by atoms with Crippen LogP contribution in [0.5, 0.6) is 0 Å². The molecule has 6 nitrogen and oxygen atoms in total. The maximum atomic E-state index is 12.0. The van der Waals surface area contributed by atoms with Crippen molar-refractivity contribution in [2.75, 3.05) is 11.9 Å². The lowest BCUT2D eigenvalue weighted by molar-refractivity contribution is 0.176. The minimum absolute atomic E-state index is 0.159. The Morgan fingerprint density at radius 2 is 2.23 bits per heavy atom. The molecule has 3 N–H and O–H groups in total. The van der Waals surface area contributed by atoms with Gasteiger partial charge in [0.1, 0.15) is 0 Å². The molecule has 1 saturated carbocycles. The molecule has 2 aromatic heterocycles. The third-order valence-electron chi connectivity index (χ3n) is 3.96. The number of amides is 2. The number of aromatic nitrogens is 1. The second-order valence-electron chi connectivity index (χ2n) is 5.55. The van der Waals surface area contributed by atoms with Gasteiger partial charge in [0.25, 0.3) is 0 Å². The number of hydrogen-bond donors (Lipinski definition) is 3. The normalized spacial score (nSPS) is 21.5. The number of urea groups is 1. The van der Waals surface area contributed by atoms with Crippen LogP contribution in [-0.2, 0) is 0 Å². The number of anilines is 1. The lowest BCUT2D eigenvalue weighted by Gasteiger charge is -2.27. The first-order valence-electron chi connectivity index (χ1n) is 7.43. The van der Waals surface area contributed by atoms with E-state index in [1.165, 1.54) is 0 Å². The molecule has 118 valence electrons. The molecule has 2 aromatic rings. The van der Waals surface area contributed by atoms with Crippen molar-refractivity contribution in [3.8, 4) is 10.6 Å². The van der Waals surface area contributed by atoms with Crippen molar-refractivity contribution in [3.05, 3.63) is 23.6 Å². The Balaban J connectivity index is 1.50. The monoisotopic (exact) mass is 321 g/mol. The average molecular weight is 321 g/mol. The fourth-order valence-corrected chi connectivity index (χ4v) is 3.37. The Morgan fingerprint density at radius 1 is 1.41 bits per heavy atom. The number of carbonyl (C=O) groups is 1. The van der Waals surface area contributed by atoms with Crippen LogP contribution in [0, 0.1) is 5.92 Å². The average Bonchev–Trinajstić information content (AvgIpc) is 3.19. The summed E-state index contributed by atoms with van der Waals surface area (Å²) in [5.74, 6) is 1.43. The van der Waals surface area contributed by atoms with Crippen LogP contribution in [0.2, 0.25) is 0 Å². The third-order valence-corrected chi connectivity index (χ3v) is 4.84. The molecule has 22 heavy (non-hydrogen) atoms. The molecular formula is C15H19N3O3S. The standard InChI is InChI=1S/C15H19N3O3S/c19-9-10-3-5-11(6-4-10)16-15(20)17-14-8-12(21-18-14)13-2-1-7-22-13/h1-2,7-8,10-11,19H,3-6,9H2,(H2,16,17,18,20). The van der Waals surface area contributed by atoms with E-state index in [0.717, 1.165) is 30.6 Å². The molecule has 0 aliphatic heterocycles.